The van der Waals surface area contributed by atoms with Gasteiger partial charge in [0.05, 0.1) is 37.7 Å². The molecule has 0 saturated heterocycles. The minimum absolute atomic E-state index is 0. The molecule has 0 aliphatic carbocycles. The number of unbranched alkanes of at least 4 members (excludes halogenated alkanes) is 2. The number of anilines is 1. The molecule has 0 fully saturated rings. The molecule has 2 aromatic carbocycles. The van der Waals surface area contributed by atoms with Crippen molar-refractivity contribution in [1.29, 1.82) is 0 Å². The molecule has 4 rings (SSSR count). The molecule has 0 spiro atoms. The second-order valence-electron chi connectivity index (χ2n) is 14.9. The summed E-state index contributed by atoms with van der Waals surface area (Å²) < 4.78 is 145. The van der Waals surface area contributed by atoms with Crippen LogP contribution in [0.5, 0.6) is 0 Å². The van der Waals surface area contributed by atoms with Crippen molar-refractivity contribution in [1.82, 2.24) is 0 Å². The van der Waals surface area contributed by atoms with Crippen molar-refractivity contribution in [2.24, 2.45) is 0 Å². The molecule has 326 valence electrons. The fraction of sp³-hybridized carbons (Fsp3) is 0.474. The van der Waals surface area contributed by atoms with Gasteiger partial charge in [-0.3, -0.25) is 13.9 Å². The number of ether oxygens (including phenoxy) is 1. The monoisotopic (exact) mass is 970 g/mol. The average molecular weight is 971 g/mol. The van der Waals surface area contributed by atoms with Crippen molar-refractivity contribution >= 4 is 63.5 Å². The molecule has 17 nitrogen and oxygen atoms in total. The molecule has 0 bridgehead atoms. The Bertz CT molecular complexity index is 2510. The van der Waals surface area contributed by atoms with E-state index >= 15 is 0 Å². The van der Waals surface area contributed by atoms with Gasteiger partial charge in [0.15, 0.2) is 5.71 Å². The number of carboxylic acid groups (broad SMARTS) is 1. The van der Waals surface area contributed by atoms with E-state index < -0.39 is 73.7 Å². The number of fused-ring (bicyclic) bond motifs is 2. The molecule has 3 N–H and O–H groups in total. The first-order chi connectivity index (χ1) is 27.3. The van der Waals surface area contributed by atoms with E-state index in [0.29, 0.717) is 66.3 Å². The number of rotatable bonds is 22. The van der Waals surface area contributed by atoms with Crippen LogP contribution in [0, 0.1) is 0 Å². The molecule has 2 aliphatic rings. The fourth-order valence-corrected chi connectivity index (χ4v) is 9.87. The van der Waals surface area contributed by atoms with Gasteiger partial charge in [-0.2, -0.15) is 21.4 Å². The van der Waals surface area contributed by atoms with Crippen LogP contribution in [0.1, 0.15) is 76.3 Å². The van der Waals surface area contributed by atoms with Crippen LogP contribution in [-0.4, -0.2) is 112 Å². The van der Waals surface area contributed by atoms with Gasteiger partial charge in [0.25, 0.3) is 20.2 Å². The third-order valence-corrected chi connectivity index (χ3v) is 14.0. The summed E-state index contributed by atoms with van der Waals surface area (Å²) in [4.78, 5) is 12.1. The fourth-order valence-electron chi connectivity index (χ4n) is 7.86. The average Bonchev–Trinajstić information content (AvgIpc) is 3.48. The molecule has 0 aromatic heterocycles. The Hall–Kier alpha value is -0.800. The maximum absolute atomic E-state index is 12.2. The SMILES string of the molecule is COCCN1C(=CC=CC=CC2=[N+](CCCCCC(=O)O)c3ccc(S(=O)(=O)[O-])cc3C2(C)CCCS(=O)(=O)[O-])C(C)(CCCS(=O)(=O)O)c2cc(S(=O)(=O)O)ccc21.[Na+].[Na+].[Na+]. The van der Waals surface area contributed by atoms with Crippen molar-refractivity contribution in [2.45, 2.75) is 85.8 Å². The summed E-state index contributed by atoms with van der Waals surface area (Å²) in [6.07, 6.45) is 10.1. The molecule has 0 amide bonds. The van der Waals surface area contributed by atoms with E-state index in [2.05, 4.69) is 0 Å². The van der Waals surface area contributed by atoms with Crippen LogP contribution in [0.4, 0.5) is 11.4 Å². The Balaban J connectivity index is 0.00000641. The Kier molecular flexibility index (Phi) is 23.2. The van der Waals surface area contributed by atoms with Crippen molar-refractivity contribution in [3.8, 4) is 0 Å². The van der Waals surface area contributed by atoms with Crippen LogP contribution in [-0.2, 0) is 60.8 Å². The van der Waals surface area contributed by atoms with Crippen LogP contribution in [0.25, 0.3) is 0 Å². The first-order valence-corrected chi connectivity index (χ1v) is 24.7. The summed E-state index contributed by atoms with van der Waals surface area (Å²) in [5, 5.41) is 9.10. The molecular weight excluding hydrogens is 922 g/mol. The zero-order chi connectivity index (χ0) is 44.0. The quantitative estimate of drug-likeness (QED) is 0.0329. The van der Waals surface area contributed by atoms with Gasteiger partial charge >= 0.3 is 94.6 Å². The number of aliphatic carboxylic acids is 1. The summed E-state index contributed by atoms with van der Waals surface area (Å²) in [6, 6.07) is 8.04. The van der Waals surface area contributed by atoms with Crippen LogP contribution in [0.2, 0.25) is 0 Å². The molecule has 0 radical (unpaired) electrons. The van der Waals surface area contributed by atoms with Gasteiger partial charge in [-0.25, -0.2) is 16.8 Å². The molecule has 2 unspecified atom stereocenters. The summed E-state index contributed by atoms with van der Waals surface area (Å²) in [5.41, 5.74) is 1.15. The maximum Gasteiger partial charge on any atom is 1.00 e. The Morgan fingerprint density at radius 3 is 1.98 bits per heavy atom. The second kappa shape index (κ2) is 24.3. The van der Waals surface area contributed by atoms with E-state index in [1.807, 2.05) is 9.48 Å². The van der Waals surface area contributed by atoms with E-state index in [4.69, 9.17) is 9.84 Å². The van der Waals surface area contributed by atoms with Gasteiger partial charge in [0.1, 0.15) is 16.7 Å². The first-order valence-electron chi connectivity index (χ1n) is 18.6. The standard InChI is InChI=1S/C38H50N2O15S4.3Na/c1-37(19-10-24-56(43,44)45)30-26-28(58(49,50)51)15-17-32(30)39(21-9-5-8-14-36(41)42)34(37)12-6-4-7-13-35-38(2,20-11-25-57(46,47)48)31-27-29(59(52,53)54)16-18-33(31)40(35)22-23-55-3;;;/h4,6-7,12-13,15-18,26-27H,5,8-11,14,19-25H2,1-3H3,(H4-,41,42,43,44,45,46,47,48,49,50,51,52,53,54);;;/q;3*+1/p-1. The van der Waals surface area contributed by atoms with Gasteiger partial charge in [-0.15, -0.1) is 0 Å². The second-order valence-corrected chi connectivity index (χ2v) is 20.8. The predicted octanol–water partition coefficient (Wildman–Crippen LogP) is -4.74. The summed E-state index contributed by atoms with van der Waals surface area (Å²) in [7, 11) is -16.9. The number of hydrogen-bond donors (Lipinski definition) is 3. The van der Waals surface area contributed by atoms with Crippen molar-refractivity contribution in [3.05, 3.63) is 83.6 Å². The molecule has 2 heterocycles. The smallest absolute Gasteiger partial charge is 0.748 e. The van der Waals surface area contributed by atoms with E-state index in [-0.39, 0.29) is 132 Å². The number of carboxylic acids is 1. The summed E-state index contributed by atoms with van der Waals surface area (Å²) in [5.74, 6) is -2.18. The zero-order valence-corrected chi connectivity index (χ0v) is 45.1. The van der Waals surface area contributed by atoms with E-state index in [0.717, 1.165) is 0 Å². The van der Waals surface area contributed by atoms with Crippen molar-refractivity contribution in [3.63, 3.8) is 0 Å². The number of carbonyl (C=O) groups is 1. The molecule has 2 aliphatic heterocycles. The van der Waals surface area contributed by atoms with E-state index in [1.165, 1.54) is 43.5 Å². The zero-order valence-electron chi connectivity index (χ0n) is 35.8. The Morgan fingerprint density at radius 1 is 0.790 bits per heavy atom. The largest absolute Gasteiger partial charge is 1.00 e. The van der Waals surface area contributed by atoms with Crippen LogP contribution in [0.15, 0.2) is 82.3 Å². The van der Waals surface area contributed by atoms with Gasteiger partial charge in [-0.05, 0) is 94.3 Å². The van der Waals surface area contributed by atoms with Gasteiger partial charge in [0.2, 0.25) is 5.69 Å². The number of benzene rings is 2. The van der Waals surface area contributed by atoms with E-state index in [1.54, 1.807) is 44.2 Å². The number of allylic oxidation sites excluding steroid dienone is 6. The molecule has 24 heteroatoms. The molecule has 0 saturated carbocycles. The minimum atomic E-state index is -4.89. The Labute approximate surface area is 431 Å². The van der Waals surface area contributed by atoms with Gasteiger partial charge in [0, 0.05) is 66.8 Å². The summed E-state index contributed by atoms with van der Waals surface area (Å²) >= 11 is 0. The minimum Gasteiger partial charge on any atom is -0.748 e. The third kappa shape index (κ3) is 15.6. The van der Waals surface area contributed by atoms with Gasteiger partial charge in [-0.1, -0.05) is 18.2 Å². The molecule has 2 atom stereocenters. The topological polar surface area (TPSA) is 276 Å². The normalized spacial score (nSPS) is 19.7. The van der Waals surface area contributed by atoms with E-state index in [9.17, 15) is 56.7 Å². The molecule has 62 heavy (non-hydrogen) atoms. The predicted molar refractivity (Wildman–Crippen MR) is 216 cm³/mol. The van der Waals surface area contributed by atoms with Crippen molar-refractivity contribution < 1.29 is 160 Å². The maximum atomic E-state index is 12.2. The molecular formula is C38H49N2Na3O15S4+2. The molecule has 2 aromatic rings. The van der Waals surface area contributed by atoms with Crippen LogP contribution >= 0.6 is 0 Å². The van der Waals surface area contributed by atoms with Crippen LogP contribution < -0.4 is 93.6 Å². The van der Waals surface area contributed by atoms with Gasteiger partial charge < -0.3 is 23.8 Å². The van der Waals surface area contributed by atoms with Crippen LogP contribution in [0.3, 0.4) is 0 Å². The Morgan fingerprint density at radius 2 is 1.40 bits per heavy atom. The van der Waals surface area contributed by atoms with Crippen molar-refractivity contribution in [2.75, 3.05) is 43.2 Å². The summed E-state index contributed by atoms with van der Waals surface area (Å²) in [6.45, 7) is 4.43. The number of methoxy groups -OCH3 is 1. The third-order valence-electron chi connectivity index (χ3n) is 10.7. The first kappa shape index (κ1) is 59.2. The number of hydrogen-bond acceptors (Lipinski definition) is 13. The number of nitrogens with zero attached hydrogens (tertiary/aromatic N) is 2.